The van der Waals surface area contributed by atoms with Crippen LogP contribution < -0.4 is 21.3 Å². The topological polar surface area (TPSA) is 279 Å². The molecule has 23 heteroatoms. The van der Waals surface area contributed by atoms with Gasteiger partial charge in [-0.25, -0.2) is 0 Å². The third-order valence-corrected chi connectivity index (χ3v) is 16.7. The molecule has 0 aromatic carbocycles. The van der Waals surface area contributed by atoms with Crippen LogP contribution in [0.1, 0.15) is 169 Å². The predicted molar refractivity (Wildman–Crippen MR) is 338 cm³/mol. The quantitative estimate of drug-likeness (QED) is 0.129. The lowest BCUT2D eigenvalue weighted by Crippen LogP contribution is -2.62. The molecule has 1 aliphatic rings. The molecule has 0 aliphatic carbocycles. The summed E-state index contributed by atoms with van der Waals surface area (Å²) in [5, 5.41) is 22.0. The van der Waals surface area contributed by atoms with Gasteiger partial charge in [0.2, 0.25) is 65.0 Å². The summed E-state index contributed by atoms with van der Waals surface area (Å²) in [6, 6.07) is -13.5. The summed E-state index contributed by atoms with van der Waals surface area (Å²) in [5.41, 5.74) is 0. The van der Waals surface area contributed by atoms with Crippen LogP contribution >= 0.6 is 0 Å². The second-order valence-electron chi connectivity index (χ2n) is 26.8. The van der Waals surface area contributed by atoms with Gasteiger partial charge in [0.15, 0.2) is 0 Å². The fourth-order valence-corrected chi connectivity index (χ4v) is 11.1. The Hall–Kier alpha value is -6.13. The van der Waals surface area contributed by atoms with Crippen molar-refractivity contribution in [3.63, 3.8) is 0 Å². The molecule has 5 N–H and O–H groups in total. The van der Waals surface area contributed by atoms with Gasteiger partial charge >= 0.3 is 0 Å². The lowest BCUT2D eigenvalue weighted by molar-refractivity contribution is -0.156. The summed E-state index contributed by atoms with van der Waals surface area (Å²) >= 11 is 0. The van der Waals surface area contributed by atoms with E-state index in [4.69, 9.17) is 0 Å². The van der Waals surface area contributed by atoms with Gasteiger partial charge in [-0.05, 0) is 114 Å². The van der Waals surface area contributed by atoms with E-state index in [1.54, 1.807) is 34.6 Å². The van der Waals surface area contributed by atoms with Crippen LogP contribution in [0, 0.1) is 41.4 Å². The molecule has 0 spiro atoms. The molecule has 87 heavy (non-hydrogen) atoms. The van der Waals surface area contributed by atoms with Gasteiger partial charge in [-0.3, -0.25) is 52.7 Å². The molecular weight excluding hydrogens is 1110 g/mol. The fraction of sp³-hybridized carbons (Fsp3) is 0.797. The van der Waals surface area contributed by atoms with Gasteiger partial charge in [0, 0.05) is 49.3 Å². The molecule has 1 fully saturated rings. The van der Waals surface area contributed by atoms with Gasteiger partial charge in [0.25, 0.3) is 0 Å². The van der Waals surface area contributed by atoms with Crippen LogP contribution in [0.5, 0.6) is 0 Å². The molecule has 1 heterocycles. The first-order valence-electron chi connectivity index (χ1n) is 31.6. The summed E-state index contributed by atoms with van der Waals surface area (Å²) in [7, 11) is 10.0. The van der Waals surface area contributed by atoms with E-state index in [0.29, 0.717) is 12.8 Å². The molecule has 1 saturated heterocycles. The van der Waals surface area contributed by atoms with Crippen molar-refractivity contribution in [1.82, 2.24) is 55.6 Å². The van der Waals surface area contributed by atoms with Crippen LogP contribution in [-0.4, -0.2) is 227 Å². The zero-order valence-electron chi connectivity index (χ0n) is 57.5. The predicted octanol–water partition coefficient (Wildman–Crippen LogP) is 4.05. The van der Waals surface area contributed by atoms with E-state index in [-0.39, 0.29) is 68.1 Å². The first kappa shape index (κ1) is 78.9. The molecule has 0 aromatic heterocycles. The van der Waals surface area contributed by atoms with Crippen molar-refractivity contribution in [3.05, 3.63) is 12.2 Å². The third-order valence-electron chi connectivity index (χ3n) is 16.7. The van der Waals surface area contributed by atoms with Crippen LogP contribution in [0.2, 0.25) is 0 Å². The number of aliphatic hydroxyl groups is 1. The first-order chi connectivity index (χ1) is 40.2. The number of carbonyl (C=O) groups excluding carboxylic acids is 11. The van der Waals surface area contributed by atoms with Gasteiger partial charge < -0.3 is 60.7 Å². The summed E-state index contributed by atoms with van der Waals surface area (Å²) in [6.07, 6.45) is 5.62. The summed E-state index contributed by atoms with van der Waals surface area (Å²) in [6.45, 7) is 29.6. The SMILES string of the molecule is C/C=C/C[C@@H](C)C[C@H]1C(=O)N[C@@H](CC)C(=O)N(C)[C@H](CO)C(=O)N(C)[C@@H](CC(C)C)C(=O)N[C@H](C(C)C)C(=O)N(C)[C@H](CCC(C)C)C(=O)N[C@H](C)C(=O)N[C@@H](C)C(=O)N(C)[C@@H](CC(C)C)C(=O)N(C)[C@@H](CC(C)C)C(=O)N(C)[C@@H](C(C)C)C(=O)N1C. The minimum Gasteiger partial charge on any atom is -0.394 e. The molecule has 23 nitrogen and oxygen atoms in total. The number of carbonyl (C=O) groups is 11. The normalized spacial score (nSPS) is 27.0. The second-order valence-corrected chi connectivity index (χ2v) is 26.8. The van der Waals surface area contributed by atoms with Crippen molar-refractivity contribution in [2.75, 3.05) is 55.9 Å². The third kappa shape index (κ3) is 22.5. The molecule has 0 saturated carbocycles. The molecule has 1 rings (SSSR count). The number of hydrogen-bond acceptors (Lipinski definition) is 12. The van der Waals surface area contributed by atoms with E-state index < -0.39 is 150 Å². The van der Waals surface area contributed by atoms with Crippen LogP contribution in [0.25, 0.3) is 0 Å². The Morgan fingerprint density at radius 2 is 0.828 bits per heavy atom. The Morgan fingerprint density at radius 3 is 1.29 bits per heavy atom. The zero-order chi connectivity index (χ0) is 67.4. The average Bonchev–Trinajstić information content (AvgIpc) is 1.34. The Balaban J connectivity index is 4.38. The van der Waals surface area contributed by atoms with Crippen molar-refractivity contribution >= 4 is 65.0 Å². The summed E-state index contributed by atoms with van der Waals surface area (Å²) in [4.78, 5) is 170. The number of hydrogen-bond donors (Lipinski definition) is 5. The zero-order valence-corrected chi connectivity index (χ0v) is 57.5. The van der Waals surface area contributed by atoms with Crippen molar-refractivity contribution in [3.8, 4) is 0 Å². The highest BCUT2D eigenvalue weighted by Gasteiger charge is 2.45. The van der Waals surface area contributed by atoms with Gasteiger partial charge in [0.1, 0.15) is 66.5 Å². The number of allylic oxidation sites excluding steroid dienone is 2. The summed E-state index contributed by atoms with van der Waals surface area (Å²) in [5.74, 6) is -8.91. The van der Waals surface area contributed by atoms with Crippen LogP contribution in [0.3, 0.4) is 0 Å². The van der Waals surface area contributed by atoms with Crippen molar-refractivity contribution in [2.45, 2.75) is 236 Å². The van der Waals surface area contributed by atoms with Crippen LogP contribution in [0.4, 0.5) is 0 Å². The average molecular weight is 1230 g/mol. The highest BCUT2D eigenvalue weighted by Crippen LogP contribution is 2.26. The largest absolute Gasteiger partial charge is 0.394 e. The Kier molecular flexibility index (Phi) is 33.0. The minimum absolute atomic E-state index is 0.0252. The maximum atomic E-state index is 15.2. The lowest BCUT2D eigenvalue weighted by atomic mass is 9.93. The Bertz CT molecular complexity index is 2360. The molecule has 11 amide bonds. The van der Waals surface area contributed by atoms with Crippen molar-refractivity contribution in [2.24, 2.45) is 41.4 Å². The monoisotopic (exact) mass is 1230 g/mol. The maximum Gasteiger partial charge on any atom is 0.248 e. The molecule has 0 aromatic rings. The molecule has 0 radical (unpaired) electrons. The number of rotatable bonds is 17. The number of aliphatic hydroxyl groups excluding tert-OH is 1. The Labute approximate surface area is 521 Å². The maximum absolute atomic E-state index is 15.2. The van der Waals surface area contributed by atoms with Crippen molar-refractivity contribution in [1.29, 1.82) is 0 Å². The number of nitrogens with zero attached hydrogens (tertiary/aromatic N) is 7. The molecule has 12 atom stereocenters. The van der Waals surface area contributed by atoms with Crippen molar-refractivity contribution < 1.29 is 57.8 Å². The van der Waals surface area contributed by atoms with Gasteiger partial charge in [-0.1, -0.05) is 109 Å². The second kappa shape index (κ2) is 36.4. The molecule has 0 unspecified atom stereocenters. The molecule has 0 bridgehead atoms. The molecule has 498 valence electrons. The summed E-state index contributed by atoms with van der Waals surface area (Å²) < 4.78 is 0. The highest BCUT2D eigenvalue weighted by molar-refractivity contribution is 6.00. The smallest absolute Gasteiger partial charge is 0.248 e. The van der Waals surface area contributed by atoms with E-state index in [9.17, 15) is 48.3 Å². The van der Waals surface area contributed by atoms with E-state index in [1.807, 2.05) is 81.4 Å². The van der Waals surface area contributed by atoms with Crippen LogP contribution in [0.15, 0.2) is 12.2 Å². The van der Waals surface area contributed by atoms with Gasteiger partial charge in [-0.15, -0.1) is 0 Å². The fourth-order valence-electron chi connectivity index (χ4n) is 11.1. The van der Waals surface area contributed by atoms with Crippen LogP contribution in [-0.2, 0) is 52.7 Å². The molecule has 1 aliphatic heterocycles. The van der Waals surface area contributed by atoms with Gasteiger partial charge in [-0.2, -0.15) is 0 Å². The number of amides is 11. The standard InChI is InChI=1S/C64H115N11O12/c1-25-27-28-42(15)34-48-56(79)67-45(26-2)59(82)74(23)51(35-76)62(85)70(19)47(31-37(5)6)57(80)68-52(40(11)12)63(86)69(18)46(30-29-36(3)4)55(78)65-43(16)54(77)66-44(17)58(81)72(21)49(32-38(7)8)60(83)73(22)50(33-39(9)10)61(84)75(24)53(41(13)14)64(87)71(48)20/h25,27,36-53,76H,26,28-35H2,1-24H3,(H,65,78)(H,66,77)(H,67,79)(H,68,80)/b27-25+/t42-,43-,44+,45+,46-,47+,48+,49+,50+,51-,52-,53+/m1/s1. The first-order valence-corrected chi connectivity index (χ1v) is 31.6. The Morgan fingerprint density at radius 1 is 0.425 bits per heavy atom. The lowest BCUT2D eigenvalue weighted by Gasteiger charge is -2.41. The number of likely N-dealkylation sites (N-methyl/N-ethyl adjacent to an activating group) is 7. The van der Waals surface area contributed by atoms with E-state index in [2.05, 4.69) is 21.3 Å². The van der Waals surface area contributed by atoms with E-state index >= 15 is 9.59 Å². The number of nitrogens with one attached hydrogen (secondary N) is 4. The molecular formula is C64H115N11O12. The van der Waals surface area contributed by atoms with E-state index in [0.717, 1.165) is 9.80 Å². The highest BCUT2D eigenvalue weighted by atomic mass is 16.3. The minimum atomic E-state index is -1.55. The van der Waals surface area contributed by atoms with Gasteiger partial charge in [0.05, 0.1) is 6.61 Å². The van der Waals surface area contributed by atoms with E-state index in [1.165, 1.54) is 87.7 Å².